The number of carbonyl (C=O) groups is 1. The highest BCUT2D eigenvalue weighted by Crippen LogP contribution is 2.28. The third-order valence-corrected chi connectivity index (χ3v) is 6.28. The monoisotopic (exact) mass is 441 g/mol. The lowest BCUT2D eigenvalue weighted by atomic mass is 10.2. The summed E-state index contributed by atoms with van der Waals surface area (Å²) in [6, 6.07) is 5.86. The van der Waals surface area contributed by atoms with Crippen molar-refractivity contribution in [1.82, 2.24) is 24.8 Å². The van der Waals surface area contributed by atoms with Crippen LogP contribution in [0.1, 0.15) is 35.4 Å². The number of furan rings is 1. The Bertz CT molecular complexity index is 1090. The predicted octanol–water partition coefficient (Wildman–Crippen LogP) is 2.51. The molecule has 0 spiro atoms. The molecule has 1 aliphatic heterocycles. The Morgan fingerprint density at radius 2 is 2.32 bits per heavy atom. The van der Waals surface area contributed by atoms with E-state index in [1.54, 1.807) is 17.0 Å². The maximum Gasteiger partial charge on any atom is 0.235 e. The molecule has 1 unspecified atom stereocenters. The van der Waals surface area contributed by atoms with Crippen LogP contribution in [0.3, 0.4) is 0 Å². The molecule has 1 saturated heterocycles. The number of rotatable bonds is 8. The minimum Gasteiger partial charge on any atom is -0.467 e. The van der Waals surface area contributed by atoms with E-state index < -0.39 is 0 Å². The van der Waals surface area contributed by atoms with Gasteiger partial charge in [0.2, 0.25) is 11.1 Å². The maximum absolute atomic E-state index is 12.7. The van der Waals surface area contributed by atoms with Crippen LogP contribution in [-0.4, -0.2) is 49.1 Å². The topological polar surface area (TPSA) is 124 Å². The van der Waals surface area contributed by atoms with Gasteiger partial charge in [-0.1, -0.05) is 11.8 Å². The Morgan fingerprint density at radius 3 is 3.03 bits per heavy atom. The maximum atomic E-state index is 12.7. The molecule has 1 N–H and O–H groups in total. The molecule has 162 valence electrons. The summed E-state index contributed by atoms with van der Waals surface area (Å²) in [5, 5.41) is 24.7. The number of thioether (sulfide) groups is 1. The molecular formula is C20H23N7O3S. The van der Waals surface area contributed by atoms with Gasteiger partial charge in [-0.3, -0.25) is 4.79 Å². The highest BCUT2D eigenvalue weighted by Gasteiger charge is 2.24. The number of nitrogens with one attached hydrogen (secondary N) is 1. The van der Waals surface area contributed by atoms with Crippen molar-refractivity contribution in [3.63, 3.8) is 0 Å². The summed E-state index contributed by atoms with van der Waals surface area (Å²) in [4.78, 5) is 12.7. The molecule has 1 fully saturated rings. The average Bonchev–Trinajstić information content (AvgIpc) is 3.55. The van der Waals surface area contributed by atoms with Gasteiger partial charge in [0.25, 0.3) is 0 Å². The smallest absolute Gasteiger partial charge is 0.235 e. The van der Waals surface area contributed by atoms with Crippen LogP contribution >= 0.6 is 11.8 Å². The second kappa shape index (κ2) is 9.36. The summed E-state index contributed by atoms with van der Waals surface area (Å²) in [5.74, 6) is 1.11. The molecule has 1 atom stereocenters. The van der Waals surface area contributed by atoms with Crippen molar-refractivity contribution in [3.8, 4) is 6.07 Å². The van der Waals surface area contributed by atoms with Gasteiger partial charge in [0.15, 0.2) is 0 Å². The fraction of sp³-hybridized carbons (Fsp3) is 0.450. The first-order valence-electron chi connectivity index (χ1n) is 9.99. The van der Waals surface area contributed by atoms with E-state index in [0.717, 1.165) is 36.5 Å². The van der Waals surface area contributed by atoms with Crippen molar-refractivity contribution < 1.29 is 13.9 Å². The van der Waals surface area contributed by atoms with E-state index in [1.807, 2.05) is 24.5 Å². The summed E-state index contributed by atoms with van der Waals surface area (Å²) < 4.78 is 14.6. The lowest BCUT2D eigenvalue weighted by molar-refractivity contribution is -0.113. The first-order valence-corrected chi connectivity index (χ1v) is 11.0. The second-order valence-corrected chi connectivity index (χ2v) is 8.27. The number of carbonyl (C=O) groups excluding carboxylic acids is 1. The van der Waals surface area contributed by atoms with Gasteiger partial charge >= 0.3 is 0 Å². The number of ether oxygens (including phenoxy) is 1. The molecule has 1 aliphatic rings. The molecule has 31 heavy (non-hydrogen) atoms. The van der Waals surface area contributed by atoms with Crippen molar-refractivity contribution in [2.24, 2.45) is 0 Å². The van der Waals surface area contributed by atoms with E-state index >= 15 is 0 Å². The summed E-state index contributed by atoms with van der Waals surface area (Å²) >= 11 is 1.22. The molecule has 0 saturated carbocycles. The number of aromatic nitrogens is 5. The van der Waals surface area contributed by atoms with E-state index in [1.165, 1.54) is 11.8 Å². The lowest BCUT2D eigenvalue weighted by Gasteiger charge is -2.16. The third-order valence-electron chi connectivity index (χ3n) is 5.33. The highest BCUT2D eigenvalue weighted by molar-refractivity contribution is 7.99. The van der Waals surface area contributed by atoms with E-state index in [-0.39, 0.29) is 17.8 Å². The Hall–Kier alpha value is -3.10. The summed E-state index contributed by atoms with van der Waals surface area (Å²) in [6.07, 6.45) is 3.68. The fourth-order valence-corrected chi connectivity index (χ4v) is 4.27. The van der Waals surface area contributed by atoms with E-state index in [9.17, 15) is 10.1 Å². The van der Waals surface area contributed by atoms with Gasteiger partial charge in [-0.2, -0.15) is 5.26 Å². The largest absolute Gasteiger partial charge is 0.467 e. The first-order chi connectivity index (χ1) is 15.1. The van der Waals surface area contributed by atoms with Crippen LogP contribution in [0.15, 0.2) is 28.0 Å². The van der Waals surface area contributed by atoms with Gasteiger partial charge < -0.3 is 19.0 Å². The van der Waals surface area contributed by atoms with Gasteiger partial charge in [0.1, 0.15) is 24.2 Å². The SMILES string of the molecule is Cc1c(C#N)c(NC(=O)CSc2nnnn2Cc2ccco2)n(CC2CCCO2)c1C. The Balaban J connectivity index is 1.45. The molecule has 3 aromatic heterocycles. The normalized spacial score (nSPS) is 15.8. The molecule has 0 radical (unpaired) electrons. The number of anilines is 1. The van der Waals surface area contributed by atoms with Crippen LogP contribution in [0.25, 0.3) is 0 Å². The third kappa shape index (κ3) is 4.65. The molecule has 4 heterocycles. The minimum absolute atomic E-state index is 0.0910. The quantitative estimate of drug-likeness (QED) is 0.529. The van der Waals surface area contributed by atoms with E-state index in [0.29, 0.717) is 29.6 Å². The fourth-order valence-electron chi connectivity index (χ4n) is 3.60. The molecule has 0 aliphatic carbocycles. The number of nitriles is 1. The Labute approximate surface area is 183 Å². The summed E-state index contributed by atoms with van der Waals surface area (Å²) in [7, 11) is 0. The standard InChI is InChI=1S/C20H23N7O3S/c1-13-14(2)26(10-15-5-3-7-29-15)19(17(13)9-21)22-18(28)12-31-20-23-24-25-27(20)11-16-6-4-8-30-16/h4,6,8,15H,3,5,7,10-12H2,1-2H3,(H,22,28). The second-order valence-electron chi connectivity index (χ2n) is 7.33. The zero-order chi connectivity index (χ0) is 21.8. The Morgan fingerprint density at radius 1 is 1.45 bits per heavy atom. The zero-order valence-corrected chi connectivity index (χ0v) is 18.2. The number of tetrazole rings is 1. The van der Waals surface area contributed by atoms with Gasteiger partial charge in [0, 0.05) is 12.3 Å². The van der Waals surface area contributed by atoms with Gasteiger partial charge in [-0.15, -0.1) is 5.10 Å². The summed E-state index contributed by atoms with van der Waals surface area (Å²) in [5.41, 5.74) is 2.31. The summed E-state index contributed by atoms with van der Waals surface area (Å²) in [6.45, 7) is 5.59. The van der Waals surface area contributed by atoms with E-state index in [2.05, 4.69) is 26.9 Å². The molecular weight excluding hydrogens is 418 g/mol. The van der Waals surface area contributed by atoms with Gasteiger partial charge in [0.05, 0.1) is 30.2 Å². The molecule has 3 aromatic rings. The predicted molar refractivity (Wildman–Crippen MR) is 113 cm³/mol. The van der Waals surface area contributed by atoms with Crippen molar-refractivity contribution >= 4 is 23.5 Å². The van der Waals surface area contributed by atoms with Crippen molar-refractivity contribution in [3.05, 3.63) is 41.0 Å². The van der Waals surface area contributed by atoms with Crippen LogP contribution in [-0.2, 0) is 22.6 Å². The molecule has 0 bridgehead atoms. The first kappa shape index (κ1) is 21.1. The van der Waals surface area contributed by atoms with Crippen LogP contribution in [0.2, 0.25) is 0 Å². The number of amides is 1. The van der Waals surface area contributed by atoms with Crippen molar-refractivity contribution in [2.45, 2.75) is 51.0 Å². The average molecular weight is 442 g/mol. The Kier molecular flexibility index (Phi) is 6.39. The molecule has 0 aromatic carbocycles. The van der Waals surface area contributed by atoms with E-state index in [4.69, 9.17) is 9.15 Å². The van der Waals surface area contributed by atoms with Gasteiger partial charge in [-0.25, -0.2) is 4.68 Å². The number of hydrogen-bond acceptors (Lipinski definition) is 8. The molecule has 1 amide bonds. The lowest BCUT2D eigenvalue weighted by Crippen LogP contribution is -2.22. The van der Waals surface area contributed by atoms with Crippen molar-refractivity contribution in [1.29, 1.82) is 5.26 Å². The number of hydrogen-bond donors (Lipinski definition) is 1. The van der Waals surface area contributed by atoms with Crippen LogP contribution in [0.5, 0.6) is 0 Å². The minimum atomic E-state index is -0.236. The zero-order valence-electron chi connectivity index (χ0n) is 17.4. The molecule has 4 rings (SSSR count). The van der Waals surface area contributed by atoms with Crippen LogP contribution in [0.4, 0.5) is 5.82 Å². The van der Waals surface area contributed by atoms with Crippen LogP contribution < -0.4 is 5.32 Å². The van der Waals surface area contributed by atoms with Gasteiger partial charge in [-0.05, 0) is 54.8 Å². The number of nitrogens with zero attached hydrogens (tertiary/aromatic N) is 6. The molecule has 11 heteroatoms. The highest BCUT2D eigenvalue weighted by atomic mass is 32.2. The molecule has 10 nitrogen and oxygen atoms in total. The van der Waals surface area contributed by atoms with Crippen LogP contribution in [0, 0.1) is 25.2 Å². The van der Waals surface area contributed by atoms with Crippen molar-refractivity contribution in [2.75, 3.05) is 17.7 Å².